The van der Waals surface area contributed by atoms with E-state index in [0.717, 1.165) is 25.7 Å². The van der Waals surface area contributed by atoms with Gasteiger partial charge in [0.1, 0.15) is 0 Å². The fraction of sp³-hybridized carbons (Fsp3) is 1.00. The molecule has 0 fully saturated rings. The number of methoxy groups -OCH3 is 4. The standard InChI is InChI=1S/4C4H10O2.Ti/c4*1-6-4-2-3-5;/h4*5H,2-4H2,1H3;. The Hall–Kier alpha value is 0.394. The van der Waals surface area contributed by atoms with Crippen molar-refractivity contribution in [2.75, 3.05) is 81.3 Å². The quantitative estimate of drug-likeness (QED) is 0.265. The van der Waals surface area contributed by atoms with Crippen LogP contribution in [0.15, 0.2) is 0 Å². The van der Waals surface area contributed by atoms with E-state index in [4.69, 9.17) is 20.4 Å². The number of aliphatic hydroxyl groups excluding tert-OH is 4. The third-order valence-corrected chi connectivity index (χ3v) is 2.03. The second-order valence-electron chi connectivity index (χ2n) is 4.28. The molecule has 0 saturated heterocycles. The minimum absolute atomic E-state index is 0. The smallest absolute Gasteiger partial charge is 0.0484 e. The third kappa shape index (κ3) is 79.6. The van der Waals surface area contributed by atoms with Gasteiger partial charge in [0.25, 0.3) is 0 Å². The molecule has 0 radical (unpaired) electrons. The average molecular weight is 408 g/mol. The molecule has 156 valence electrons. The zero-order chi connectivity index (χ0) is 19.3. The Morgan fingerprint density at radius 2 is 0.600 bits per heavy atom. The first kappa shape index (κ1) is 36.3. The number of rotatable bonds is 12. The van der Waals surface area contributed by atoms with Gasteiger partial charge in [-0.2, -0.15) is 0 Å². The predicted octanol–water partition coefficient (Wildman–Crippen LogP) is 0.0583. The molecule has 9 heteroatoms. The molecule has 0 aliphatic rings. The Morgan fingerprint density at radius 3 is 0.640 bits per heavy atom. The first-order valence-electron chi connectivity index (χ1n) is 8.05. The van der Waals surface area contributed by atoms with Gasteiger partial charge in [-0.05, 0) is 25.7 Å². The Labute approximate surface area is 168 Å². The summed E-state index contributed by atoms with van der Waals surface area (Å²) in [6.07, 6.45) is 2.99. The van der Waals surface area contributed by atoms with Crippen molar-refractivity contribution >= 4 is 0 Å². The molecule has 0 atom stereocenters. The first-order valence-corrected chi connectivity index (χ1v) is 8.05. The summed E-state index contributed by atoms with van der Waals surface area (Å²) in [4.78, 5) is 0. The van der Waals surface area contributed by atoms with Crippen LogP contribution >= 0.6 is 0 Å². The van der Waals surface area contributed by atoms with Gasteiger partial charge in [-0.15, -0.1) is 0 Å². The van der Waals surface area contributed by atoms with Crippen molar-refractivity contribution in [3.05, 3.63) is 0 Å². The summed E-state index contributed by atoms with van der Waals surface area (Å²) in [7, 11) is 6.48. The van der Waals surface area contributed by atoms with Gasteiger partial charge in [-0.25, -0.2) is 0 Å². The van der Waals surface area contributed by atoms with Crippen molar-refractivity contribution in [3.63, 3.8) is 0 Å². The molecule has 0 aromatic carbocycles. The van der Waals surface area contributed by atoms with Crippen LogP contribution in [0.2, 0.25) is 0 Å². The molecule has 0 aromatic rings. The molecule has 0 amide bonds. The molecule has 8 nitrogen and oxygen atoms in total. The Kier molecular flexibility index (Phi) is 72.2. The molecule has 0 rings (SSSR count). The van der Waals surface area contributed by atoms with E-state index in [0.29, 0.717) is 26.4 Å². The van der Waals surface area contributed by atoms with Crippen LogP contribution in [0.25, 0.3) is 0 Å². The molecule has 0 aliphatic carbocycles. The summed E-state index contributed by atoms with van der Waals surface area (Å²) in [5, 5.41) is 32.5. The van der Waals surface area contributed by atoms with Gasteiger partial charge in [0, 0.05) is 103 Å². The van der Waals surface area contributed by atoms with Crippen LogP contribution in [0.3, 0.4) is 0 Å². The zero-order valence-corrected chi connectivity index (χ0v) is 18.0. The second kappa shape index (κ2) is 49.7. The molecular weight excluding hydrogens is 368 g/mol. The summed E-state index contributed by atoms with van der Waals surface area (Å²) in [6, 6.07) is 0. The van der Waals surface area contributed by atoms with E-state index in [2.05, 4.69) is 18.9 Å². The van der Waals surface area contributed by atoms with Crippen LogP contribution < -0.4 is 0 Å². The minimum Gasteiger partial charge on any atom is -0.396 e. The van der Waals surface area contributed by atoms with Crippen LogP contribution in [0.4, 0.5) is 0 Å². The molecule has 4 N–H and O–H groups in total. The van der Waals surface area contributed by atoms with Gasteiger partial charge in [0.05, 0.1) is 0 Å². The van der Waals surface area contributed by atoms with E-state index in [1.807, 2.05) is 0 Å². The number of aliphatic hydroxyl groups is 4. The second-order valence-corrected chi connectivity index (χ2v) is 4.28. The maximum atomic E-state index is 8.12. The van der Waals surface area contributed by atoms with E-state index in [1.54, 1.807) is 28.4 Å². The summed E-state index contributed by atoms with van der Waals surface area (Å²) < 4.78 is 18.5. The number of hydrogen-bond donors (Lipinski definition) is 4. The van der Waals surface area contributed by atoms with E-state index in [9.17, 15) is 0 Å². The number of ether oxygens (including phenoxy) is 4. The summed E-state index contributed by atoms with van der Waals surface area (Å²) in [6.45, 7) is 3.57. The van der Waals surface area contributed by atoms with Crippen LogP contribution in [0.1, 0.15) is 25.7 Å². The molecule has 0 unspecified atom stereocenters. The molecule has 0 saturated carbocycles. The van der Waals surface area contributed by atoms with Gasteiger partial charge in [0.2, 0.25) is 0 Å². The molecule has 0 bridgehead atoms. The van der Waals surface area contributed by atoms with Crippen molar-refractivity contribution < 1.29 is 61.1 Å². The minimum atomic E-state index is 0. The maximum Gasteiger partial charge on any atom is 0.0484 e. The van der Waals surface area contributed by atoms with Crippen LogP contribution in [0, 0.1) is 0 Å². The summed E-state index contributed by atoms with van der Waals surface area (Å²) >= 11 is 0. The van der Waals surface area contributed by atoms with Crippen molar-refractivity contribution in [2.24, 2.45) is 0 Å². The van der Waals surface area contributed by atoms with E-state index < -0.39 is 0 Å². The Bertz CT molecular complexity index is 108. The van der Waals surface area contributed by atoms with Gasteiger partial charge in [-0.1, -0.05) is 0 Å². The fourth-order valence-corrected chi connectivity index (χ4v) is 0.836. The molecule has 0 aromatic heterocycles. The Morgan fingerprint density at radius 1 is 0.440 bits per heavy atom. The topological polar surface area (TPSA) is 118 Å². The van der Waals surface area contributed by atoms with Crippen molar-refractivity contribution in [1.82, 2.24) is 0 Å². The molecule has 0 spiro atoms. The van der Waals surface area contributed by atoms with Crippen molar-refractivity contribution in [1.29, 1.82) is 0 Å². The number of hydrogen-bond acceptors (Lipinski definition) is 8. The van der Waals surface area contributed by atoms with Crippen LogP contribution in [-0.4, -0.2) is 102 Å². The normalized spacial score (nSPS) is 8.64. The SMILES string of the molecule is COCCCO.COCCCO.COCCCO.COCCCO.[Ti]. The Balaban J connectivity index is -0.0000000702. The van der Waals surface area contributed by atoms with Crippen LogP contribution in [0.5, 0.6) is 0 Å². The zero-order valence-electron chi connectivity index (χ0n) is 16.4. The largest absolute Gasteiger partial charge is 0.396 e. The molecule has 0 heterocycles. The van der Waals surface area contributed by atoms with Crippen LogP contribution in [-0.2, 0) is 40.7 Å². The van der Waals surface area contributed by atoms with Gasteiger partial charge < -0.3 is 39.4 Å². The van der Waals surface area contributed by atoms with Gasteiger partial charge in [0.15, 0.2) is 0 Å². The monoisotopic (exact) mass is 408 g/mol. The summed E-state index contributed by atoms with van der Waals surface area (Å²) in [5.41, 5.74) is 0. The van der Waals surface area contributed by atoms with Crippen molar-refractivity contribution in [3.8, 4) is 0 Å². The molecule has 25 heavy (non-hydrogen) atoms. The fourth-order valence-electron chi connectivity index (χ4n) is 0.836. The third-order valence-electron chi connectivity index (χ3n) is 2.03. The first-order chi connectivity index (χ1) is 11.7. The molecule has 0 aliphatic heterocycles. The molecular formula is C16H40O8Ti. The maximum absolute atomic E-state index is 8.12. The van der Waals surface area contributed by atoms with E-state index in [-0.39, 0.29) is 48.1 Å². The predicted molar refractivity (Wildman–Crippen MR) is 94.3 cm³/mol. The van der Waals surface area contributed by atoms with Gasteiger partial charge in [-0.3, -0.25) is 0 Å². The van der Waals surface area contributed by atoms with E-state index >= 15 is 0 Å². The summed E-state index contributed by atoms with van der Waals surface area (Å²) in [5.74, 6) is 0. The van der Waals surface area contributed by atoms with Gasteiger partial charge >= 0.3 is 0 Å². The van der Waals surface area contributed by atoms with E-state index in [1.165, 1.54) is 0 Å². The van der Waals surface area contributed by atoms with Crippen molar-refractivity contribution in [2.45, 2.75) is 25.7 Å². The average Bonchev–Trinajstić information content (AvgIpc) is 2.62.